The lowest BCUT2D eigenvalue weighted by molar-refractivity contribution is 1.14. The van der Waals surface area contributed by atoms with Gasteiger partial charge in [0.25, 0.3) is 0 Å². The largest absolute Gasteiger partial charge is 0.243 e. The highest BCUT2D eigenvalue weighted by Crippen LogP contribution is 2.07. The van der Waals surface area contributed by atoms with Crippen LogP contribution in [0.1, 0.15) is 5.69 Å². The van der Waals surface area contributed by atoms with E-state index in [4.69, 9.17) is 11.6 Å². The average Bonchev–Trinajstić information content (AvgIpc) is 1.77. The average molecular weight is 128 g/mol. The molecule has 1 heterocycles. The third-order valence-corrected chi connectivity index (χ3v) is 1.06. The predicted molar refractivity (Wildman–Crippen MR) is 31.5 cm³/mol. The van der Waals surface area contributed by atoms with Gasteiger partial charge in [0.1, 0.15) is 6.33 Å². The van der Waals surface area contributed by atoms with E-state index >= 15 is 0 Å². The molecular formula is C5H4ClN2. The monoisotopic (exact) mass is 127 g/mol. The van der Waals surface area contributed by atoms with E-state index in [1.54, 1.807) is 0 Å². The Balaban J connectivity index is 3.13. The summed E-state index contributed by atoms with van der Waals surface area (Å²) in [7, 11) is 0. The smallest absolute Gasteiger partial charge is 0.115 e. The SMILES string of the molecule is [CH2]c1ncncc1Cl. The lowest BCUT2D eigenvalue weighted by atomic mass is 10.5. The van der Waals surface area contributed by atoms with Crippen molar-refractivity contribution in [3.05, 3.63) is 30.2 Å². The Bertz CT molecular complexity index is 167. The Labute approximate surface area is 52.5 Å². The number of nitrogens with zero attached hydrogens (tertiary/aromatic N) is 2. The Morgan fingerprint density at radius 3 is 2.75 bits per heavy atom. The lowest BCUT2D eigenvalue weighted by Gasteiger charge is -1.89. The summed E-state index contributed by atoms with van der Waals surface area (Å²) in [6.07, 6.45) is 2.92. The number of hydrogen-bond acceptors (Lipinski definition) is 2. The van der Waals surface area contributed by atoms with Gasteiger partial charge in [-0.15, -0.1) is 0 Å². The standard InChI is InChI=1S/C5H4ClN2/c1-4-5(6)2-7-3-8-4/h2-3H,1H2. The van der Waals surface area contributed by atoms with Crippen molar-refractivity contribution in [2.45, 2.75) is 0 Å². The van der Waals surface area contributed by atoms with Crippen LogP contribution in [0.5, 0.6) is 0 Å². The number of hydrogen-bond donors (Lipinski definition) is 0. The molecule has 1 radical (unpaired) electrons. The highest BCUT2D eigenvalue weighted by atomic mass is 35.5. The minimum Gasteiger partial charge on any atom is -0.243 e. The second-order valence-electron chi connectivity index (χ2n) is 1.32. The molecule has 41 valence electrons. The summed E-state index contributed by atoms with van der Waals surface area (Å²) in [4.78, 5) is 7.39. The van der Waals surface area contributed by atoms with Gasteiger partial charge in [-0.3, -0.25) is 0 Å². The van der Waals surface area contributed by atoms with Crippen molar-refractivity contribution in [3.63, 3.8) is 0 Å². The van der Waals surface area contributed by atoms with Gasteiger partial charge in [0.05, 0.1) is 10.7 Å². The van der Waals surface area contributed by atoms with Crippen LogP contribution >= 0.6 is 11.6 Å². The number of rotatable bonds is 0. The fraction of sp³-hybridized carbons (Fsp3) is 0. The summed E-state index contributed by atoms with van der Waals surface area (Å²) in [5, 5.41) is 0.507. The molecule has 3 heteroatoms. The summed E-state index contributed by atoms with van der Waals surface area (Å²) in [5.74, 6) is 0. The molecule has 1 rings (SSSR count). The molecule has 0 aliphatic carbocycles. The molecule has 0 atom stereocenters. The first-order valence-electron chi connectivity index (χ1n) is 2.08. The zero-order chi connectivity index (χ0) is 5.98. The topological polar surface area (TPSA) is 25.8 Å². The van der Waals surface area contributed by atoms with E-state index in [0.717, 1.165) is 0 Å². The molecule has 0 spiro atoms. The van der Waals surface area contributed by atoms with Gasteiger partial charge in [-0.2, -0.15) is 0 Å². The minimum atomic E-state index is 0.507. The minimum absolute atomic E-state index is 0.507. The molecule has 0 N–H and O–H groups in total. The highest BCUT2D eigenvalue weighted by Gasteiger charge is 1.89. The molecule has 1 aromatic heterocycles. The zero-order valence-corrected chi connectivity index (χ0v) is 4.89. The van der Waals surface area contributed by atoms with Crippen LogP contribution in [-0.4, -0.2) is 9.97 Å². The van der Waals surface area contributed by atoms with Gasteiger partial charge < -0.3 is 0 Å². The number of halogens is 1. The molecule has 0 aliphatic heterocycles. The molecule has 0 aliphatic rings. The van der Waals surface area contributed by atoms with Crippen LogP contribution in [0, 0.1) is 6.92 Å². The third-order valence-electron chi connectivity index (χ3n) is 0.744. The summed E-state index contributed by atoms with van der Waals surface area (Å²) in [6, 6.07) is 0. The first-order chi connectivity index (χ1) is 3.80. The van der Waals surface area contributed by atoms with Gasteiger partial charge in [0.2, 0.25) is 0 Å². The molecule has 0 saturated heterocycles. The maximum Gasteiger partial charge on any atom is 0.115 e. The normalized spacial score (nSPS) is 9.25. The number of aromatic nitrogens is 2. The van der Waals surface area contributed by atoms with E-state index in [1.807, 2.05) is 0 Å². The fourth-order valence-electron chi connectivity index (χ4n) is 0.338. The van der Waals surface area contributed by atoms with E-state index < -0.39 is 0 Å². The van der Waals surface area contributed by atoms with Gasteiger partial charge in [-0.25, -0.2) is 9.97 Å². The Hall–Kier alpha value is -0.630. The molecule has 0 bridgehead atoms. The van der Waals surface area contributed by atoms with Crippen LogP contribution in [0.2, 0.25) is 5.02 Å². The van der Waals surface area contributed by atoms with E-state index in [-0.39, 0.29) is 0 Å². The maximum atomic E-state index is 5.52. The molecule has 0 fully saturated rings. The van der Waals surface area contributed by atoms with E-state index in [2.05, 4.69) is 16.9 Å². The van der Waals surface area contributed by atoms with Gasteiger partial charge in [-0.05, 0) is 6.92 Å². The highest BCUT2D eigenvalue weighted by molar-refractivity contribution is 6.31. The summed E-state index contributed by atoms with van der Waals surface area (Å²) in [5.41, 5.74) is 0.571. The molecular weight excluding hydrogens is 124 g/mol. The van der Waals surface area contributed by atoms with Crippen LogP contribution < -0.4 is 0 Å². The first kappa shape index (κ1) is 5.51. The molecule has 0 unspecified atom stereocenters. The zero-order valence-electron chi connectivity index (χ0n) is 4.13. The molecule has 8 heavy (non-hydrogen) atoms. The van der Waals surface area contributed by atoms with Crippen LogP contribution in [0.3, 0.4) is 0 Å². The Morgan fingerprint density at radius 1 is 1.62 bits per heavy atom. The second kappa shape index (κ2) is 2.09. The Kier molecular flexibility index (Phi) is 1.44. The molecule has 0 aromatic carbocycles. The molecule has 0 amide bonds. The predicted octanol–water partition coefficient (Wildman–Crippen LogP) is 1.31. The third kappa shape index (κ3) is 0.954. The maximum absolute atomic E-state index is 5.52. The van der Waals surface area contributed by atoms with Crippen molar-refractivity contribution in [2.24, 2.45) is 0 Å². The summed E-state index contributed by atoms with van der Waals surface area (Å²) in [6.45, 7) is 3.54. The van der Waals surface area contributed by atoms with Crippen molar-refractivity contribution in [2.75, 3.05) is 0 Å². The fourth-order valence-corrected chi connectivity index (χ4v) is 0.443. The second-order valence-corrected chi connectivity index (χ2v) is 1.72. The van der Waals surface area contributed by atoms with Crippen LogP contribution in [0.25, 0.3) is 0 Å². The van der Waals surface area contributed by atoms with Crippen molar-refractivity contribution in [1.29, 1.82) is 0 Å². The van der Waals surface area contributed by atoms with Crippen LogP contribution in [-0.2, 0) is 0 Å². The lowest BCUT2D eigenvalue weighted by Crippen LogP contribution is -1.81. The van der Waals surface area contributed by atoms with Crippen molar-refractivity contribution in [1.82, 2.24) is 9.97 Å². The van der Waals surface area contributed by atoms with Gasteiger partial charge in [0, 0.05) is 6.20 Å². The van der Waals surface area contributed by atoms with Gasteiger partial charge in [0.15, 0.2) is 0 Å². The van der Waals surface area contributed by atoms with Gasteiger partial charge in [-0.1, -0.05) is 11.6 Å². The van der Waals surface area contributed by atoms with Crippen molar-refractivity contribution < 1.29 is 0 Å². The Morgan fingerprint density at radius 2 is 2.38 bits per heavy atom. The summed E-state index contributed by atoms with van der Waals surface area (Å²) < 4.78 is 0. The molecule has 0 saturated carbocycles. The first-order valence-corrected chi connectivity index (χ1v) is 2.46. The van der Waals surface area contributed by atoms with Crippen LogP contribution in [0.15, 0.2) is 12.5 Å². The van der Waals surface area contributed by atoms with Crippen molar-refractivity contribution in [3.8, 4) is 0 Å². The quantitative estimate of drug-likeness (QED) is 0.525. The van der Waals surface area contributed by atoms with Crippen LogP contribution in [0.4, 0.5) is 0 Å². The van der Waals surface area contributed by atoms with Crippen molar-refractivity contribution >= 4 is 11.6 Å². The van der Waals surface area contributed by atoms with E-state index in [9.17, 15) is 0 Å². The van der Waals surface area contributed by atoms with Gasteiger partial charge >= 0.3 is 0 Å². The molecule has 1 aromatic rings. The van der Waals surface area contributed by atoms with E-state index in [1.165, 1.54) is 12.5 Å². The molecule has 2 nitrogen and oxygen atoms in total. The van der Waals surface area contributed by atoms with E-state index in [0.29, 0.717) is 10.7 Å². The summed E-state index contributed by atoms with van der Waals surface area (Å²) >= 11 is 5.52.